The van der Waals surface area contributed by atoms with Gasteiger partial charge in [0.05, 0.1) is 19.1 Å². The summed E-state index contributed by atoms with van der Waals surface area (Å²) in [5.41, 5.74) is 0.547. The molecule has 0 aliphatic heterocycles. The number of hydrogen-bond acceptors (Lipinski definition) is 6. The fourth-order valence-electron chi connectivity index (χ4n) is 2.42. The first-order valence-corrected chi connectivity index (χ1v) is 8.19. The van der Waals surface area contributed by atoms with Crippen LogP contribution in [0.5, 0.6) is 5.75 Å². The molecule has 2 aromatic rings. The average molecular weight is 393 g/mol. The zero-order valence-electron chi connectivity index (χ0n) is 14.6. The number of carbonyl (C=O) groups excluding carboxylic acids is 2. The topological polar surface area (TPSA) is 108 Å². The van der Waals surface area contributed by atoms with Gasteiger partial charge in [0.2, 0.25) is 0 Å². The standard InChI is InChI=1S/C18H17ClN2O6/c1-26-16-8-3-11(10-15(16)21(24)25)9-14(18(23)27-2)20-17(22)12-4-6-13(19)7-5-12/h3-8,10,14H,9H2,1-2H3,(H,20,22)/t14-/m1/s1. The van der Waals surface area contributed by atoms with Crippen molar-refractivity contribution in [3.05, 3.63) is 68.7 Å². The van der Waals surface area contributed by atoms with Crippen LogP contribution in [0.4, 0.5) is 5.69 Å². The van der Waals surface area contributed by atoms with Gasteiger partial charge in [0, 0.05) is 23.1 Å². The van der Waals surface area contributed by atoms with E-state index < -0.39 is 22.8 Å². The Morgan fingerprint density at radius 2 is 1.85 bits per heavy atom. The van der Waals surface area contributed by atoms with Gasteiger partial charge in [-0.05, 0) is 35.9 Å². The molecule has 0 fully saturated rings. The Morgan fingerprint density at radius 3 is 2.41 bits per heavy atom. The average Bonchev–Trinajstić information content (AvgIpc) is 2.67. The molecule has 9 heteroatoms. The minimum Gasteiger partial charge on any atom is -0.490 e. The molecule has 0 heterocycles. The van der Waals surface area contributed by atoms with Gasteiger partial charge >= 0.3 is 11.7 Å². The van der Waals surface area contributed by atoms with E-state index >= 15 is 0 Å². The first-order chi connectivity index (χ1) is 12.8. The van der Waals surface area contributed by atoms with Gasteiger partial charge in [-0.3, -0.25) is 14.9 Å². The molecule has 0 radical (unpaired) electrons. The maximum absolute atomic E-state index is 12.4. The van der Waals surface area contributed by atoms with Crippen LogP contribution in [0.15, 0.2) is 42.5 Å². The lowest BCUT2D eigenvalue weighted by Gasteiger charge is -2.17. The Labute approximate surface area is 160 Å². The summed E-state index contributed by atoms with van der Waals surface area (Å²) >= 11 is 5.80. The van der Waals surface area contributed by atoms with E-state index in [1.807, 2.05) is 0 Å². The molecule has 1 amide bonds. The number of nitro benzene ring substituents is 1. The largest absolute Gasteiger partial charge is 0.490 e. The van der Waals surface area contributed by atoms with Crippen LogP contribution >= 0.6 is 11.6 Å². The summed E-state index contributed by atoms with van der Waals surface area (Å²) in [5, 5.41) is 14.2. The highest BCUT2D eigenvalue weighted by atomic mass is 35.5. The van der Waals surface area contributed by atoms with Crippen LogP contribution in [0.25, 0.3) is 0 Å². The summed E-state index contributed by atoms with van der Waals surface area (Å²) < 4.78 is 9.68. The summed E-state index contributed by atoms with van der Waals surface area (Å²) in [6.07, 6.45) is 0.0108. The maximum atomic E-state index is 12.4. The quantitative estimate of drug-likeness (QED) is 0.441. The smallest absolute Gasteiger partial charge is 0.328 e. The molecule has 1 atom stereocenters. The van der Waals surface area contributed by atoms with Gasteiger partial charge in [0.25, 0.3) is 5.91 Å². The first-order valence-electron chi connectivity index (χ1n) is 7.81. The van der Waals surface area contributed by atoms with E-state index in [0.717, 1.165) is 0 Å². The minimum atomic E-state index is -1.02. The predicted octanol–water partition coefficient (Wildman–Crippen LogP) is 2.77. The number of carbonyl (C=O) groups is 2. The van der Waals surface area contributed by atoms with Crippen molar-refractivity contribution in [1.29, 1.82) is 0 Å². The molecule has 0 spiro atoms. The molecule has 8 nitrogen and oxygen atoms in total. The molecule has 142 valence electrons. The van der Waals surface area contributed by atoms with Crippen LogP contribution in [-0.4, -0.2) is 37.1 Å². The number of nitrogens with one attached hydrogen (secondary N) is 1. The molecular weight excluding hydrogens is 376 g/mol. The maximum Gasteiger partial charge on any atom is 0.328 e. The predicted molar refractivity (Wildman–Crippen MR) is 98.1 cm³/mol. The SMILES string of the molecule is COC(=O)[C@@H](Cc1ccc(OC)c([N+](=O)[O-])c1)NC(=O)c1ccc(Cl)cc1. The van der Waals surface area contributed by atoms with Crippen molar-refractivity contribution < 1.29 is 24.0 Å². The third-order valence-corrected chi connectivity index (χ3v) is 4.03. The summed E-state index contributed by atoms with van der Waals surface area (Å²) in [5.74, 6) is -1.07. The number of methoxy groups -OCH3 is 2. The van der Waals surface area contributed by atoms with Gasteiger partial charge in [0.15, 0.2) is 5.75 Å². The van der Waals surface area contributed by atoms with Gasteiger partial charge in [-0.2, -0.15) is 0 Å². The Hall–Kier alpha value is -3.13. The number of esters is 1. The third-order valence-electron chi connectivity index (χ3n) is 3.78. The van der Waals surface area contributed by atoms with Gasteiger partial charge < -0.3 is 14.8 Å². The Morgan fingerprint density at radius 1 is 1.19 bits per heavy atom. The molecule has 2 rings (SSSR count). The van der Waals surface area contributed by atoms with E-state index in [-0.39, 0.29) is 17.9 Å². The van der Waals surface area contributed by atoms with Crippen molar-refractivity contribution in [1.82, 2.24) is 5.32 Å². The van der Waals surface area contributed by atoms with E-state index in [1.54, 1.807) is 18.2 Å². The van der Waals surface area contributed by atoms with Gasteiger partial charge in [-0.1, -0.05) is 17.7 Å². The van der Waals surface area contributed by atoms with Crippen LogP contribution < -0.4 is 10.1 Å². The molecule has 0 aliphatic carbocycles. The van der Waals surface area contributed by atoms with Crippen LogP contribution in [0.1, 0.15) is 15.9 Å². The van der Waals surface area contributed by atoms with Gasteiger partial charge in [0.1, 0.15) is 6.04 Å². The molecule has 1 N–H and O–H groups in total. The second-order valence-electron chi connectivity index (χ2n) is 5.52. The van der Waals surface area contributed by atoms with Gasteiger partial charge in [-0.15, -0.1) is 0 Å². The normalized spacial score (nSPS) is 11.4. The van der Waals surface area contributed by atoms with E-state index in [2.05, 4.69) is 5.32 Å². The number of nitro groups is 1. The lowest BCUT2D eigenvalue weighted by atomic mass is 10.0. The molecule has 27 heavy (non-hydrogen) atoms. The zero-order chi connectivity index (χ0) is 20.0. The Kier molecular flexibility index (Phi) is 6.73. The summed E-state index contributed by atoms with van der Waals surface area (Å²) in [4.78, 5) is 35.0. The molecule has 0 saturated carbocycles. The van der Waals surface area contributed by atoms with E-state index in [1.165, 1.54) is 38.5 Å². The monoisotopic (exact) mass is 392 g/mol. The molecule has 2 aromatic carbocycles. The first kappa shape index (κ1) is 20.2. The molecule has 0 aliphatic rings. The Bertz CT molecular complexity index is 853. The highest BCUT2D eigenvalue weighted by molar-refractivity contribution is 6.30. The third kappa shape index (κ3) is 5.18. The highest BCUT2D eigenvalue weighted by Crippen LogP contribution is 2.28. The number of halogens is 1. The summed E-state index contributed by atoms with van der Waals surface area (Å²) in [7, 11) is 2.52. The fourth-order valence-corrected chi connectivity index (χ4v) is 2.55. The van der Waals surface area contributed by atoms with Crippen molar-refractivity contribution in [2.75, 3.05) is 14.2 Å². The molecule has 0 bridgehead atoms. The number of amides is 1. The number of benzene rings is 2. The number of hydrogen-bond donors (Lipinski definition) is 1. The van der Waals surface area contributed by atoms with E-state index in [0.29, 0.717) is 16.1 Å². The second kappa shape index (κ2) is 9.00. The van der Waals surface area contributed by atoms with Crippen LogP contribution in [0.3, 0.4) is 0 Å². The van der Waals surface area contributed by atoms with E-state index in [4.69, 9.17) is 21.1 Å². The van der Waals surface area contributed by atoms with Crippen LogP contribution in [-0.2, 0) is 16.0 Å². The van der Waals surface area contributed by atoms with Crippen LogP contribution in [0.2, 0.25) is 5.02 Å². The van der Waals surface area contributed by atoms with Crippen molar-refractivity contribution >= 4 is 29.2 Å². The zero-order valence-corrected chi connectivity index (χ0v) is 15.4. The molecule has 0 saturated heterocycles. The number of nitrogens with zero attached hydrogens (tertiary/aromatic N) is 1. The fraction of sp³-hybridized carbons (Fsp3) is 0.222. The van der Waals surface area contributed by atoms with E-state index in [9.17, 15) is 19.7 Å². The molecule has 0 unspecified atom stereocenters. The molecular formula is C18H17ClN2O6. The minimum absolute atomic E-state index is 0.0108. The van der Waals surface area contributed by atoms with Crippen molar-refractivity contribution in [3.8, 4) is 5.75 Å². The molecule has 0 aromatic heterocycles. The summed E-state index contributed by atoms with van der Waals surface area (Å²) in [6.45, 7) is 0. The highest BCUT2D eigenvalue weighted by Gasteiger charge is 2.24. The van der Waals surface area contributed by atoms with Crippen molar-refractivity contribution in [2.24, 2.45) is 0 Å². The summed E-state index contributed by atoms with van der Waals surface area (Å²) in [6, 6.07) is 9.43. The number of rotatable bonds is 7. The van der Waals surface area contributed by atoms with Gasteiger partial charge in [-0.25, -0.2) is 4.79 Å². The lowest BCUT2D eigenvalue weighted by molar-refractivity contribution is -0.385. The van der Waals surface area contributed by atoms with Crippen LogP contribution in [0, 0.1) is 10.1 Å². The van der Waals surface area contributed by atoms with Crippen molar-refractivity contribution in [3.63, 3.8) is 0 Å². The second-order valence-corrected chi connectivity index (χ2v) is 5.96. The Balaban J connectivity index is 2.23. The lowest BCUT2D eigenvalue weighted by Crippen LogP contribution is -2.43. The van der Waals surface area contributed by atoms with Crippen molar-refractivity contribution in [2.45, 2.75) is 12.5 Å². The number of ether oxygens (including phenoxy) is 2.